The van der Waals surface area contributed by atoms with E-state index in [1.54, 1.807) is 9.96 Å². The van der Waals surface area contributed by atoms with E-state index in [2.05, 4.69) is 0 Å². The predicted octanol–water partition coefficient (Wildman–Crippen LogP) is -0.367. The third-order valence-corrected chi connectivity index (χ3v) is 2.48. The molecule has 0 atom stereocenters. The zero-order chi connectivity index (χ0) is 12.7. The third-order valence-electron chi connectivity index (χ3n) is 2.48. The van der Waals surface area contributed by atoms with Crippen molar-refractivity contribution in [1.82, 2.24) is 9.96 Å². The number of methoxy groups -OCH3 is 2. The highest BCUT2D eigenvalue weighted by molar-refractivity contribution is 5.47. The zero-order valence-corrected chi connectivity index (χ0v) is 10.5. The Morgan fingerprint density at radius 3 is 2.18 bits per heavy atom. The average molecular weight is 248 g/mol. The highest BCUT2D eigenvalue weighted by Crippen LogP contribution is 2.18. The number of rotatable bonds is 7. The van der Waals surface area contributed by atoms with Gasteiger partial charge in [0, 0.05) is 40.4 Å². The van der Waals surface area contributed by atoms with Crippen LogP contribution >= 0.6 is 0 Å². The molecule has 0 radical (unpaired) electrons. The number of hydrogen-bond acceptors (Lipinski definition) is 6. The van der Waals surface area contributed by atoms with Crippen LogP contribution in [0.15, 0.2) is 0 Å². The van der Waals surface area contributed by atoms with Gasteiger partial charge >= 0.3 is 6.16 Å². The fourth-order valence-corrected chi connectivity index (χ4v) is 1.54. The summed E-state index contributed by atoms with van der Waals surface area (Å²) in [5, 5.41) is 1.67. The largest absolute Gasteiger partial charge is 0.428 e. The second-order valence-electron chi connectivity index (χ2n) is 3.50. The topological polar surface area (TPSA) is 60.5 Å². The van der Waals surface area contributed by atoms with Gasteiger partial charge in [0.1, 0.15) is 0 Å². The number of piperazine rings is 1. The Kier molecular flexibility index (Phi) is 5.79. The summed E-state index contributed by atoms with van der Waals surface area (Å²) in [5.74, 6) is 0. The summed E-state index contributed by atoms with van der Waals surface area (Å²) in [7, 11) is 2.89. The Bertz CT molecular complexity index is 227. The second kappa shape index (κ2) is 6.87. The molecule has 0 aliphatic carbocycles. The van der Waals surface area contributed by atoms with Crippen LogP contribution in [-0.4, -0.2) is 69.5 Å². The van der Waals surface area contributed by atoms with E-state index in [1.807, 2.05) is 6.92 Å². The van der Waals surface area contributed by atoms with Gasteiger partial charge in [-0.1, -0.05) is 0 Å². The van der Waals surface area contributed by atoms with Crippen molar-refractivity contribution in [2.24, 2.45) is 0 Å². The standard InChI is InChI=1S/C10H20N2O5/c1-4-16-10(14-2,15-3)17-12-7-5-11(9-13)6-8-12/h9H,4-8H2,1-3H3. The molecule has 1 aliphatic heterocycles. The van der Waals surface area contributed by atoms with E-state index < -0.39 is 6.16 Å². The van der Waals surface area contributed by atoms with Gasteiger partial charge in [-0.15, -0.1) is 0 Å². The van der Waals surface area contributed by atoms with Crippen molar-refractivity contribution in [1.29, 1.82) is 0 Å². The number of hydrogen-bond donors (Lipinski definition) is 0. The predicted molar refractivity (Wildman–Crippen MR) is 58.7 cm³/mol. The molecule has 17 heavy (non-hydrogen) atoms. The fraction of sp³-hybridized carbons (Fsp3) is 0.900. The van der Waals surface area contributed by atoms with Crippen LogP contribution in [0.4, 0.5) is 0 Å². The van der Waals surface area contributed by atoms with Crippen molar-refractivity contribution in [2.45, 2.75) is 13.1 Å². The van der Waals surface area contributed by atoms with Gasteiger partial charge in [0.05, 0.1) is 6.61 Å². The molecule has 7 nitrogen and oxygen atoms in total. The van der Waals surface area contributed by atoms with Gasteiger partial charge in [0.15, 0.2) is 0 Å². The first-order chi connectivity index (χ1) is 8.19. The molecular weight excluding hydrogens is 228 g/mol. The number of ether oxygens (including phenoxy) is 3. The van der Waals surface area contributed by atoms with Gasteiger partial charge in [-0.3, -0.25) is 4.79 Å². The van der Waals surface area contributed by atoms with Crippen molar-refractivity contribution >= 4 is 6.41 Å². The smallest absolute Gasteiger partial charge is 0.343 e. The summed E-state index contributed by atoms with van der Waals surface area (Å²) in [6.07, 6.45) is -0.669. The van der Waals surface area contributed by atoms with Crippen LogP contribution in [0, 0.1) is 0 Å². The molecule has 1 rings (SSSR count). The maximum absolute atomic E-state index is 10.6. The minimum Gasteiger partial charge on any atom is -0.343 e. The first-order valence-corrected chi connectivity index (χ1v) is 5.57. The average Bonchev–Trinajstić information content (AvgIpc) is 2.39. The minimum absolute atomic E-state index is 0.399. The molecule has 0 saturated carbocycles. The molecule has 1 fully saturated rings. The van der Waals surface area contributed by atoms with Crippen molar-refractivity contribution in [3.8, 4) is 0 Å². The molecule has 0 aromatic carbocycles. The molecule has 0 bridgehead atoms. The lowest BCUT2D eigenvalue weighted by atomic mass is 10.4. The summed E-state index contributed by atoms with van der Waals surface area (Å²) >= 11 is 0. The third kappa shape index (κ3) is 3.90. The van der Waals surface area contributed by atoms with E-state index in [-0.39, 0.29) is 0 Å². The normalized spacial score (nSPS) is 18.4. The summed E-state index contributed by atoms with van der Waals surface area (Å²) in [6, 6.07) is 0. The SMILES string of the molecule is CCOC(OC)(OC)ON1CCN(C=O)CC1. The van der Waals surface area contributed by atoms with Gasteiger partial charge < -0.3 is 19.1 Å². The molecular formula is C10H20N2O5. The zero-order valence-electron chi connectivity index (χ0n) is 10.5. The molecule has 1 saturated heterocycles. The van der Waals surface area contributed by atoms with Crippen molar-refractivity contribution < 1.29 is 23.8 Å². The van der Waals surface area contributed by atoms with E-state index in [9.17, 15) is 4.79 Å². The van der Waals surface area contributed by atoms with E-state index in [0.717, 1.165) is 6.41 Å². The lowest BCUT2D eigenvalue weighted by Crippen LogP contribution is -2.52. The Balaban J connectivity index is 2.48. The monoisotopic (exact) mass is 248 g/mol. The van der Waals surface area contributed by atoms with Gasteiger partial charge in [-0.25, -0.2) is 4.84 Å². The molecule has 100 valence electrons. The first-order valence-electron chi connectivity index (χ1n) is 5.57. The van der Waals surface area contributed by atoms with Crippen LogP contribution in [0.5, 0.6) is 0 Å². The molecule has 0 aromatic heterocycles. The van der Waals surface area contributed by atoms with Crippen molar-refractivity contribution in [3.63, 3.8) is 0 Å². The van der Waals surface area contributed by atoms with Gasteiger partial charge in [-0.05, 0) is 6.92 Å². The van der Waals surface area contributed by atoms with Crippen molar-refractivity contribution in [3.05, 3.63) is 0 Å². The van der Waals surface area contributed by atoms with Crippen LogP contribution in [0.25, 0.3) is 0 Å². The van der Waals surface area contributed by atoms with Gasteiger partial charge in [-0.2, -0.15) is 5.06 Å². The van der Waals surface area contributed by atoms with Gasteiger partial charge in [0.25, 0.3) is 0 Å². The van der Waals surface area contributed by atoms with E-state index in [1.165, 1.54) is 14.2 Å². The second-order valence-corrected chi connectivity index (χ2v) is 3.50. The van der Waals surface area contributed by atoms with Crippen LogP contribution in [-0.2, 0) is 23.8 Å². The molecule has 0 aromatic rings. The van der Waals surface area contributed by atoms with Gasteiger partial charge in [0.2, 0.25) is 6.41 Å². The number of carbonyl (C=O) groups excluding carboxylic acids is 1. The van der Waals surface area contributed by atoms with Crippen LogP contribution in [0.2, 0.25) is 0 Å². The number of carbonyl (C=O) groups is 1. The summed E-state index contributed by atoms with van der Waals surface area (Å²) in [4.78, 5) is 17.8. The molecule has 0 unspecified atom stereocenters. The Morgan fingerprint density at radius 2 is 1.76 bits per heavy atom. The lowest BCUT2D eigenvalue weighted by Gasteiger charge is -2.37. The van der Waals surface area contributed by atoms with Crippen LogP contribution in [0.1, 0.15) is 6.92 Å². The van der Waals surface area contributed by atoms with E-state index in [0.29, 0.717) is 32.8 Å². The molecule has 1 aliphatic rings. The van der Waals surface area contributed by atoms with E-state index >= 15 is 0 Å². The fourth-order valence-electron chi connectivity index (χ4n) is 1.54. The summed E-state index contributed by atoms with van der Waals surface area (Å²) in [6.45, 7) is 4.61. The van der Waals surface area contributed by atoms with Crippen molar-refractivity contribution in [2.75, 3.05) is 47.0 Å². The lowest BCUT2D eigenvalue weighted by molar-refractivity contribution is -0.536. The van der Waals surface area contributed by atoms with Crippen LogP contribution in [0.3, 0.4) is 0 Å². The molecule has 1 heterocycles. The molecule has 7 heteroatoms. The highest BCUT2D eigenvalue weighted by atomic mass is 17.1. The quantitative estimate of drug-likeness (QED) is 0.452. The Labute approximate surface area is 101 Å². The first kappa shape index (κ1) is 14.3. The van der Waals surface area contributed by atoms with E-state index in [4.69, 9.17) is 19.0 Å². The van der Waals surface area contributed by atoms with Crippen LogP contribution < -0.4 is 0 Å². The summed E-state index contributed by atoms with van der Waals surface area (Å²) < 4.78 is 15.5. The molecule has 0 N–H and O–H groups in total. The number of hydroxylamine groups is 2. The molecule has 1 amide bonds. The Morgan fingerprint density at radius 1 is 1.18 bits per heavy atom. The maximum atomic E-state index is 10.6. The highest BCUT2D eigenvalue weighted by Gasteiger charge is 2.36. The number of nitrogens with zero attached hydrogens (tertiary/aromatic N) is 2. The minimum atomic E-state index is -1.50. The number of amides is 1. The Hall–Kier alpha value is -0.730. The maximum Gasteiger partial charge on any atom is 0.428 e. The molecule has 0 spiro atoms. The summed E-state index contributed by atoms with van der Waals surface area (Å²) in [5.41, 5.74) is 0.